The molecule has 0 saturated carbocycles. The zero-order valence-corrected chi connectivity index (χ0v) is 12.2. The van der Waals surface area contributed by atoms with Gasteiger partial charge in [-0.15, -0.1) is 0 Å². The second-order valence-corrected chi connectivity index (χ2v) is 5.41. The highest BCUT2D eigenvalue weighted by Gasteiger charge is 2.44. The van der Waals surface area contributed by atoms with E-state index in [1.54, 1.807) is 10.8 Å². The molecule has 0 radical (unpaired) electrons. The van der Waals surface area contributed by atoms with Crippen LogP contribution in [-0.2, 0) is 11.2 Å². The van der Waals surface area contributed by atoms with Crippen LogP contribution in [0.2, 0.25) is 0 Å². The van der Waals surface area contributed by atoms with Crippen molar-refractivity contribution < 1.29 is 20.1 Å². The third-order valence-corrected chi connectivity index (χ3v) is 4.01. The van der Waals surface area contributed by atoms with E-state index in [2.05, 4.69) is 16.0 Å². The molecule has 0 aliphatic carbocycles. The molecule has 0 aromatic carbocycles. The number of aliphatic hydroxyl groups is 3. The molecule has 122 valence electrons. The summed E-state index contributed by atoms with van der Waals surface area (Å²) in [6.07, 6.45) is -0.483. The van der Waals surface area contributed by atoms with Gasteiger partial charge in [-0.25, -0.2) is 9.97 Å². The van der Waals surface area contributed by atoms with Crippen LogP contribution < -0.4 is 5.73 Å². The van der Waals surface area contributed by atoms with Gasteiger partial charge >= 0.3 is 0 Å². The summed E-state index contributed by atoms with van der Waals surface area (Å²) in [5.41, 5.74) is 7.12. The summed E-state index contributed by atoms with van der Waals surface area (Å²) in [6.45, 7) is -0.410. The quantitative estimate of drug-likeness (QED) is 0.565. The van der Waals surface area contributed by atoms with Crippen LogP contribution in [0.25, 0.3) is 11.0 Å². The first-order valence-corrected chi connectivity index (χ1v) is 7.17. The van der Waals surface area contributed by atoms with Crippen LogP contribution in [0.4, 0.5) is 5.82 Å². The van der Waals surface area contributed by atoms with Crippen molar-refractivity contribution in [2.75, 3.05) is 12.3 Å². The number of aromatic nitrogens is 3. The van der Waals surface area contributed by atoms with Crippen LogP contribution in [-0.4, -0.2) is 54.8 Å². The minimum Gasteiger partial charge on any atom is -0.394 e. The fraction of sp³-hybridized carbons (Fsp3) is 0.500. The Morgan fingerprint density at radius 3 is 2.78 bits per heavy atom. The molecule has 1 fully saturated rings. The van der Waals surface area contributed by atoms with Crippen LogP contribution in [0.3, 0.4) is 0 Å². The minimum atomic E-state index is -1.22. The van der Waals surface area contributed by atoms with Gasteiger partial charge in [-0.2, -0.15) is 5.26 Å². The third-order valence-electron chi connectivity index (χ3n) is 4.01. The van der Waals surface area contributed by atoms with Gasteiger partial charge in [0, 0.05) is 12.6 Å². The number of aryl methyl sites for hydroxylation is 1. The Labute approximate surface area is 131 Å². The topological polar surface area (TPSA) is 150 Å². The van der Waals surface area contributed by atoms with Crippen molar-refractivity contribution in [3.63, 3.8) is 0 Å². The standard InChI is InChI=1S/C14H17N5O4/c15-3-1-2-7-4-19(13-9(7)12(16)17-6-18-13)14-11(22)10(21)8(5-20)23-14/h4,6,8,10-11,14,20-22H,1-2,5H2,(H2,16,17,18). The van der Waals surface area contributed by atoms with Crippen molar-refractivity contribution in [1.82, 2.24) is 14.5 Å². The number of fused-ring (bicyclic) bond motifs is 1. The van der Waals surface area contributed by atoms with Crippen LogP contribution in [0, 0.1) is 11.3 Å². The molecule has 4 atom stereocenters. The Morgan fingerprint density at radius 1 is 1.35 bits per heavy atom. The molecular weight excluding hydrogens is 302 g/mol. The van der Waals surface area contributed by atoms with E-state index in [0.29, 0.717) is 23.9 Å². The van der Waals surface area contributed by atoms with E-state index >= 15 is 0 Å². The van der Waals surface area contributed by atoms with Crippen molar-refractivity contribution in [3.05, 3.63) is 18.1 Å². The number of nitrogens with two attached hydrogens (primary N) is 1. The van der Waals surface area contributed by atoms with Crippen LogP contribution in [0.15, 0.2) is 12.5 Å². The number of rotatable bonds is 4. The van der Waals surface area contributed by atoms with Crippen LogP contribution in [0.5, 0.6) is 0 Å². The molecule has 0 spiro atoms. The van der Waals surface area contributed by atoms with E-state index in [1.807, 2.05) is 0 Å². The van der Waals surface area contributed by atoms with Gasteiger partial charge in [-0.1, -0.05) is 0 Å². The minimum absolute atomic E-state index is 0.272. The number of aliphatic hydroxyl groups excluding tert-OH is 3. The smallest absolute Gasteiger partial charge is 0.164 e. The molecule has 2 aromatic rings. The SMILES string of the molecule is N#CCCc1cn(C2OC(CO)C(O)C2O)c2ncnc(N)c12. The summed E-state index contributed by atoms with van der Waals surface area (Å²) in [6, 6.07) is 2.07. The van der Waals surface area contributed by atoms with Gasteiger partial charge in [0.2, 0.25) is 0 Å². The summed E-state index contributed by atoms with van der Waals surface area (Å²) in [5, 5.41) is 38.7. The molecule has 1 aliphatic heterocycles. The zero-order chi connectivity index (χ0) is 16.6. The summed E-state index contributed by atoms with van der Waals surface area (Å²) >= 11 is 0. The van der Waals surface area contributed by atoms with Gasteiger partial charge in [0.15, 0.2) is 6.23 Å². The average molecular weight is 319 g/mol. The summed E-state index contributed by atoms with van der Waals surface area (Å²) in [4.78, 5) is 8.14. The molecule has 9 nitrogen and oxygen atoms in total. The fourth-order valence-electron chi connectivity index (χ4n) is 2.87. The highest BCUT2D eigenvalue weighted by atomic mass is 16.6. The highest BCUT2D eigenvalue weighted by Crippen LogP contribution is 2.34. The maximum Gasteiger partial charge on any atom is 0.164 e. The summed E-state index contributed by atoms with van der Waals surface area (Å²) in [7, 11) is 0. The first-order valence-electron chi connectivity index (χ1n) is 7.17. The lowest BCUT2D eigenvalue weighted by atomic mass is 10.1. The molecule has 23 heavy (non-hydrogen) atoms. The molecule has 0 amide bonds. The van der Waals surface area contributed by atoms with E-state index in [9.17, 15) is 15.3 Å². The Bertz CT molecular complexity index is 755. The summed E-state index contributed by atoms with van der Waals surface area (Å²) < 4.78 is 7.09. The number of ether oxygens (including phenoxy) is 1. The van der Waals surface area contributed by atoms with Crippen LogP contribution >= 0.6 is 0 Å². The fourth-order valence-corrected chi connectivity index (χ4v) is 2.87. The van der Waals surface area contributed by atoms with E-state index < -0.39 is 31.1 Å². The molecule has 2 aromatic heterocycles. The molecule has 4 unspecified atom stereocenters. The number of hydrogen-bond acceptors (Lipinski definition) is 8. The number of nitriles is 1. The van der Waals surface area contributed by atoms with Gasteiger partial charge in [-0.3, -0.25) is 0 Å². The second kappa shape index (κ2) is 6.10. The monoisotopic (exact) mass is 319 g/mol. The first-order chi connectivity index (χ1) is 11.1. The van der Waals surface area contributed by atoms with E-state index in [-0.39, 0.29) is 5.82 Å². The molecule has 1 aliphatic rings. The predicted octanol–water partition coefficient (Wildman–Crippen LogP) is -0.919. The lowest BCUT2D eigenvalue weighted by molar-refractivity contribution is -0.0509. The number of hydrogen-bond donors (Lipinski definition) is 4. The van der Waals surface area contributed by atoms with Crippen molar-refractivity contribution in [3.8, 4) is 6.07 Å². The second-order valence-electron chi connectivity index (χ2n) is 5.41. The number of nitrogens with zero attached hydrogens (tertiary/aromatic N) is 4. The van der Waals surface area contributed by atoms with Crippen molar-refractivity contribution in [1.29, 1.82) is 5.26 Å². The molecule has 3 heterocycles. The predicted molar refractivity (Wildman–Crippen MR) is 78.9 cm³/mol. The Hall–Kier alpha value is -2.25. The van der Waals surface area contributed by atoms with Crippen molar-refractivity contribution in [2.45, 2.75) is 37.4 Å². The van der Waals surface area contributed by atoms with Crippen LogP contribution in [0.1, 0.15) is 18.2 Å². The number of nitrogen functional groups attached to an aromatic ring is 1. The van der Waals surface area contributed by atoms with Crippen molar-refractivity contribution in [2.24, 2.45) is 0 Å². The Balaban J connectivity index is 2.08. The molecule has 3 rings (SSSR count). The van der Waals surface area contributed by atoms with Crippen molar-refractivity contribution >= 4 is 16.9 Å². The first kappa shape index (κ1) is 15.6. The van der Waals surface area contributed by atoms with E-state index in [1.165, 1.54) is 6.33 Å². The average Bonchev–Trinajstić information content (AvgIpc) is 3.05. The summed E-state index contributed by atoms with van der Waals surface area (Å²) in [5.74, 6) is 0.272. The zero-order valence-electron chi connectivity index (χ0n) is 12.2. The van der Waals surface area contributed by atoms with E-state index in [0.717, 1.165) is 5.56 Å². The number of anilines is 1. The lowest BCUT2D eigenvalue weighted by Crippen LogP contribution is -2.33. The molecular formula is C14H17N5O4. The van der Waals surface area contributed by atoms with Gasteiger partial charge in [0.25, 0.3) is 0 Å². The van der Waals surface area contributed by atoms with E-state index in [4.69, 9.17) is 15.7 Å². The molecule has 9 heteroatoms. The normalized spacial score (nSPS) is 27.4. The lowest BCUT2D eigenvalue weighted by Gasteiger charge is -2.17. The molecule has 0 bridgehead atoms. The van der Waals surface area contributed by atoms with Gasteiger partial charge in [0.1, 0.15) is 36.1 Å². The Kier molecular flexibility index (Phi) is 4.14. The van der Waals surface area contributed by atoms with Gasteiger partial charge in [-0.05, 0) is 12.0 Å². The Morgan fingerprint density at radius 2 is 2.13 bits per heavy atom. The highest BCUT2D eigenvalue weighted by molar-refractivity contribution is 5.89. The maximum atomic E-state index is 10.2. The van der Waals surface area contributed by atoms with Gasteiger partial charge in [0.05, 0.1) is 18.1 Å². The third kappa shape index (κ3) is 2.51. The maximum absolute atomic E-state index is 10.2. The molecule has 5 N–H and O–H groups in total. The van der Waals surface area contributed by atoms with Gasteiger partial charge < -0.3 is 30.4 Å². The molecule has 1 saturated heterocycles. The largest absolute Gasteiger partial charge is 0.394 e.